The zero-order valence-electron chi connectivity index (χ0n) is 18.4. The van der Waals surface area contributed by atoms with Crippen molar-refractivity contribution in [2.45, 2.75) is 45.4 Å². The van der Waals surface area contributed by atoms with Gasteiger partial charge in [0.15, 0.2) is 0 Å². The number of halogens is 2. The molecule has 4 rings (SSSR count). The molecule has 0 aliphatic heterocycles. The maximum atomic E-state index is 12.4. The van der Waals surface area contributed by atoms with Gasteiger partial charge in [-0.25, -0.2) is 4.98 Å². The Morgan fingerprint density at radius 1 is 0.969 bits per heavy atom. The number of benzene rings is 2. The first-order chi connectivity index (χ1) is 15.1. The molecule has 1 unspecified atom stereocenters. The van der Waals surface area contributed by atoms with Crippen molar-refractivity contribution >= 4 is 34.8 Å². The van der Waals surface area contributed by atoms with Crippen LogP contribution in [0.2, 0.25) is 10.0 Å². The molecule has 1 aromatic heterocycles. The molecule has 1 atom stereocenters. The van der Waals surface area contributed by atoms with Gasteiger partial charge >= 0.3 is 0 Å². The van der Waals surface area contributed by atoms with Gasteiger partial charge in [0.2, 0.25) is 5.88 Å². The summed E-state index contributed by atoms with van der Waals surface area (Å²) in [5, 5.41) is 3.52. The zero-order valence-corrected chi connectivity index (χ0v) is 19.9. The third-order valence-corrected chi connectivity index (χ3v) is 6.91. The summed E-state index contributed by atoms with van der Waals surface area (Å²) in [6.07, 6.45) is 5.20. The summed E-state index contributed by atoms with van der Waals surface area (Å²) in [6.45, 7) is 7.04. The summed E-state index contributed by atoms with van der Waals surface area (Å²) in [4.78, 5) is 16.7. The quantitative estimate of drug-likeness (QED) is 0.413. The van der Waals surface area contributed by atoms with Crippen molar-refractivity contribution in [1.29, 1.82) is 0 Å². The fraction of sp³-hybridized carbons (Fsp3) is 0.308. The van der Waals surface area contributed by atoms with Crippen LogP contribution in [0, 0.1) is 5.41 Å². The van der Waals surface area contributed by atoms with E-state index < -0.39 is 0 Å². The zero-order chi connectivity index (χ0) is 22.9. The third-order valence-electron chi connectivity index (χ3n) is 6.17. The molecule has 0 radical (unpaired) electrons. The lowest BCUT2D eigenvalue weighted by atomic mass is 9.78. The molecule has 4 nitrogen and oxygen atoms in total. The molecule has 32 heavy (non-hydrogen) atoms. The highest BCUT2D eigenvalue weighted by Gasteiger charge is 2.40. The molecule has 0 spiro atoms. The number of rotatable bonds is 5. The molecule has 1 aliphatic rings. The number of pyridine rings is 1. The van der Waals surface area contributed by atoms with Crippen LogP contribution in [0.25, 0.3) is 0 Å². The average molecular weight is 469 g/mol. The van der Waals surface area contributed by atoms with Gasteiger partial charge < -0.3 is 10.1 Å². The fourth-order valence-electron chi connectivity index (χ4n) is 4.50. The number of carbonyl (C=O) groups is 1. The van der Waals surface area contributed by atoms with Gasteiger partial charge in [-0.1, -0.05) is 56.1 Å². The van der Waals surface area contributed by atoms with E-state index in [1.165, 1.54) is 30.9 Å². The highest BCUT2D eigenvalue weighted by Crippen LogP contribution is 2.50. The Morgan fingerprint density at radius 3 is 2.31 bits per heavy atom. The summed E-state index contributed by atoms with van der Waals surface area (Å²) in [6, 6.07) is 16.5. The summed E-state index contributed by atoms with van der Waals surface area (Å²) in [5.41, 5.74) is 2.93. The normalized spacial score (nSPS) is 19.5. The van der Waals surface area contributed by atoms with Crippen molar-refractivity contribution < 1.29 is 9.53 Å². The van der Waals surface area contributed by atoms with Crippen LogP contribution in [0.15, 0.2) is 60.8 Å². The first-order valence-electron chi connectivity index (χ1n) is 10.6. The molecule has 2 aromatic carbocycles. The molecule has 1 amide bonds. The number of nitrogens with zero attached hydrogens (tertiary/aromatic N) is 1. The maximum Gasteiger partial charge on any atom is 0.255 e. The van der Waals surface area contributed by atoms with Gasteiger partial charge in [-0.15, -0.1) is 0 Å². The van der Waals surface area contributed by atoms with Gasteiger partial charge in [-0.2, -0.15) is 0 Å². The van der Waals surface area contributed by atoms with Crippen LogP contribution < -0.4 is 10.1 Å². The van der Waals surface area contributed by atoms with E-state index in [9.17, 15) is 4.79 Å². The van der Waals surface area contributed by atoms with E-state index in [0.717, 1.165) is 5.75 Å². The number of amides is 1. The summed E-state index contributed by atoms with van der Waals surface area (Å²) in [5.74, 6) is 0.895. The molecule has 166 valence electrons. The first kappa shape index (κ1) is 22.6. The molecule has 6 heteroatoms. The average Bonchev–Trinajstić information content (AvgIpc) is 3.05. The Bertz CT molecular complexity index is 1130. The molecule has 1 fully saturated rings. The number of hydrogen-bond acceptors (Lipinski definition) is 3. The smallest absolute Gasteiger partial charge is 0.255 e. The van der Waals surface area contributed by atoms with Gasteiger partial charge in [-0.05, 0) is 72.1 Å². The maximum absolute atomic E-state index is 12.4. The van der Waals surface area contributed by atoms with E-state index in [0.29, 0.717) is 32.6 Å². The minimum absolute atomic E-state index is 0.217. The minimum atomic E-state index is -0.293. The number of hydrogen-bond donors (Lipinski definition) is 1. The van der Waals surface area contributed by atoms with Crippen molar-refractivity contribution in [3.8, 4) is 11.6 Å². The summed E-state index contributed by atoms with van der Waals surface area (Å²) < 4.78 is 5.89. The van der Waals surface area contributed by atoms with Gasteiger partial charge in [-0.3, -0.25) is 4.79 Å². The van der Waals surface area contributed by atoms with Crippen molar-refractivity contribution in [1.82, 2.24) is 4.98 Å². The predicted octanol–water partition coefficient (Wildman–Crippen LogP) is 7.90. The molecule has 0 bridgehead atoms. The molecule has 1 heterocycles. The van der Waals surface area contributed by atoms with Crippen LogP contribution >= 0.6 is 23.2 Å². The lowest BCUT2D eigenvalue weighted by Gasteiger charge is -2.27. The predicted molar refractivity (Wildman–Crippen MR) is 130 cm³/mol. The largest absolute Gasteiger partial charge is 0.439 e. The van der Waals surface area contributed by atoms with E-state index in [1.807, 2.05) is 12.1 Å². The number of ether oxygens (including phenoxy) is 1. The molecule has 3 aromatic rings. The second-order valence-corrected chi connectivity index (χ2v) is 10.3. The lowest BCUT2D eigenvalue weighted by Crippen LogP contribution is -2.19. The fourth-order valence-corrected chi connectivity index (χ4v) is 4.79. The van der Waals surface area contributed by atoms with E-state index in [4.69, 9.17) is 27.9 Å². The van der Waals surface area contributed by atoms with Gasteiger partial charge in [0, 0.05) is 11.6 Å². The summed E-state index contributed by atoms with van der Waals surface area (Å²) in [7, 11) is 0. The van der Waals surface area contributed by atoms with Crippen molar-refractivity contribution in [3.63, 3.8) is 0 Å². The number of anilines is 1. The van der Waals surface area contributed by atoms with Gasteiger partial charge in [0.1, 0.15) is 5.75 Å². The standard InChI is InChI=1S/C26H26Cl2N2O2/c1-25(2)12-13-26(3,16-25)18-5-8-20(9-6-18)32-23-11-7-19(15-29-23)30-24(31)17-4-10-21(27)22(28)14-17/h4-11,14-15H,12-13,16H2,1-3H3,(H,30,31). The summed E-state index contributed by atoms with van der Waals surface area (Å²) >= 11 is 11.9. The molecule has 0 saturated heterocycles. The number of nitrogens with one attached hydrogen (secondary N) is 1. The topological polar surface area (TPSA) is 51.2 Å². The van der Waals surface area contributed by atoms with Crippen molar-refractivity contribution in [2.75, 3.05) is 5.32 Å². The SMILES string of the molecule is CC1(C)CCC(C)(c2ccc(Oc3ccc(NC(=O)c4ccc(Cl)c(Cl)c4)cn3)cc2)C1. The highest BCUT2D eigenvalue weighted by molar-refractivity contribution is 6.42. The van der Waals surface area contributed by atoms with Gasteiger partial charge in [0.05, 0.1) is 21.9 Å². The van der Waals surface area contributed by atoms with Crippen LogP contribution in [-0.4, -0.2) is 10.9 Å². The molecular formula is C26H26Cl2N2O2. The number of carbonyl (C=O) groups excluding carboxylic acids is 1. The van der Waals surface area contributed by atoms with Gasteiger partial charge in [0.25, 0.3) is 5.91 Å². The Balaban J connectivity index is 1.38. The van der Waals surface area contributed by atoms with E-state index >= 15 is 0 Å². The Morgan fingerprint density at radius 2 is 1.72 bits per heavy atom. The Labute approximate surface area is 198 Å². The minimum Gasteiger partial charge on any atom is -0.439 e. The van der Waals surface area contributed by atoms with E-state index in [2.05, 4.69) is 43.2 Å². The van der Waals surface area contributed by atoms with Crippen LogP contribution in [0.4, 0.5) is 5.69 Å². The molecule has 1 N–H and O–H groups in total. The monoisotopic (exact) mass is 468 g/mol. The molecule has 1 saturated carbocycles. The lowest BCUT2D eigenvalue weighted by molar-refractivity contribution is 0.102. The Hall–Kier alpha value is -2.56. The van der Waals surface area contributed by atoms with E-state index in [-0.39, 0.29) is 11.3 Å². The third kappa shape index (κ3) is 5.08. The molecular weight excluding hydrogens is 443 g/mol. The molecule has 1 aliphatic carbocycles. The first-order valence-corrected chi connectivity index (χ1v) is 11.4. The van der Waals surface area contributed by atoms with E-state index in [1.54, 1.807) is 30.5 Å². The van der Waals surface area contributed by atoms with Crippen LogP contribution in [0.5, 0.6) is 11.6 Å². The van der Waals surface area contributed by atoms with Crippen molar-refractivity contribution in [3.05, 3.63) is 82.0 Å². The van der Waals surface area contributed by atoms with Crippen LogP contribution in [0.3, 0.4) is 0 Å². The van der Waals surface area contributed by atoms with Crippen LogP contribution in [0.1, 0.15) is 56.0 Å². The van der Waals surface area contributed by atoms with Crippen LogP contribution in [-0.2, 0) is 5.41 Å². The number of aromatic nitrogens is 1. The Kier molecular flexibility index (Phi) is 6.19. The van der Waals surface area contributed by atoms with Crippen molar-refractivity contribution in [2.24, 2.45) is 5.41 Å². The second kappa shape index (κ2) is 8.76. The second-order valence-electron chi connectivity index (χ2n) is 9.50. The highest BCUT2D eigenvalue weighted by atomic mass is 35.5.